The summed E-state index contributed by atoms with van der Waals surface area (Å²) in [7, 11) is 8.35. The summed E-state index contributed by atoms with van der Waals surface area (Å²) in [5.74, 6) is 0. The Morgan fingerprint density at radius 2 is 1.06 bits per heavy atom. The van der Waals surface area contributed by atoms with E-state index in [4.69, 9.17) is 14.9 Å². The number of nitrogens with zero attached hydrogens (tertiary/aromatic N) is 2. The number of hydrogen-bond donors (Lipinski definition) is 2. The first-order chi connectivity index (χ1) is 7.83. The van der Waals surface area contributed by atoms with Crippen LogP contribution in [0.15, 0.2) is 0 Å². The Morgan fingerprint density at radius 3 is 1.33 bits per heavy atom. The highest BCUT2D eigenvalue weighted by molar-refractivity contribution is 4.37. The molecule has 0 spiro atoms. The quantitative estimate of drug-likeness (QED) is 0.367. The van der Waals surface area contributed by atoms with Gasteiger partial charge in [0.25, 0.3) is 0 Å². The Kier molecular flexibility index (Phi) is 10.8. The van der Waals surface area contributed by atoms with Gasteiger partial charge >= 0.3 is 0 Å². The number of aliphatic hydroxyl groups is 2. The molecule has 0 aromatic rings. The van der Waals surface area contributed by atoms with Gasteiger partial charge in [-0.05, 0) is 0 Å². The Bertz CT molecular complexity index is 179. The second-order valence-corrected chi connectivity index (χ2v) is 5.83. The van der Waals surface area contributed by atoms with Gasteiger partial charge in [0.1, 0.15) is 26.2 Å². The Hall–Kier alpha value is -0.240. The molecule has 6 nitrogen and oxygen atoms in total. The monoisotopic (exact) mass is 268 g/mol. The molecule has 0 aromatic heterocycles. The third kappa shape index (κ3) is 10.9. The Morgan fingerprint density at radius 1 is 0.722 bits per heavy atom. The maximum Gasteiger partial charge on any atom is 0.102 e. The highest BCUT2D eigenvalue weighted by Gasteiger charge is 2.15. The predicted octanol–water partition coefficient (Wildman–Crippen LogP) is -1.68. The fourth-order valence-electron chi connectivity index (χ4n) is 1.49. The van der Waals surface area contributed by atoms with Gasteiger partial charge in [0, 0.05) is 0 Å². The van der Waals surface area contributed by atoms with Gasteiger partial charge in [-0.1, -0.05) is 0 Å². The zero-order chi connectivity index (χ0) is 13.4. The average Bonchev–Trinajstić information content (AvgIpc) is 2.16. The molecule has 0 bridgehead atoms. The van der Waals surface area contributed by atoms with Crippen molar-refractivity contribution in [3.8, 4) is 0 Å². The topological polar surface area (TPSA) is 81.2 Å². The second-order valence-electron chi connectivity index (χ2n) is 5.83. The molecule has 0 radical (unpaired) electrons. The van der Waals surface area contributed by atoms with Crippen molar-refractivity contribution in [1.82, 2.24) is 0 Å². The molecule has 0 fully saturated rings. The van der Waals surface area contributed by atoms with E-state index in [0.717, 1.165) is 35.1 Å². The minimum absolute atomic E-state index is 0. The van der Waals surface area contributed by atoms with Crippen molar-refractivity contribution in [3.63, 3.8) is 0 Å². The number of quaternary nitrogens is 2. The lowest BCUT2D eigenvalue weighted by Crippen LogP contribution is -2.46. The molecule has 0 saturated heterocycles. The summed E-state index contributed by atoms with van der Waals surface area (Å²) in [6.07, 6.45) is 0. The van der Waals surface area contributed by atoms with Crippen LogP contribution in [0, 0.1) is 0 Å². The van der Waals surface area contributed by atoms with Crippen LogP contribution in [0.3, 0.4) is 0 Å². The van der Waals surface area contributed by atoms with Gasteiger partial charge in [-0.3, -0.25) is 0 Å². The predicted molar refractivity (Wildman–Crippen MR) is 72.3 cm³/mol. The fourth-order valence-corrected chi connectivity index (χ4v) is 1.49. The van der Waals surface area contributed by atoms with Gasteiger partial charge in [-0.25, -0.2) is 0 Å². The lowest BCUT2D eigenvalue weighted by Gasteiger charge is -2.30. The standard InChI is InChI=1S/C12H30N2O3.H2O/c1-13(2,5-9-15)7-11-17-12-8-14(3,4)6-10-16;/h15-16H,5-12H2,1-4H3;1H2/q+2;. The third-order valence-corrected chi connectivity index (χ3v) is 3.09. The van der Waals surface area contributed by atoms with Crippen molar-refractivity contribution in [2.45, 2.75) is 0 Å². The van der Waals surface area contributed by atoms with Crippen molar-refractivity contribution in [2.24, 2.45) is 0 Å². The molecule has 0 aliphatic heterocycles. The number of likely N-dealkylation sites (N-methyl/N-ethyl adjacent to an activating group) is 2. The number of ether oxygens (including phenoxy) is 1. The van der Waals surface area contributed by atoms with Crippen molar-refractivity contribution >= 4 is 0 Å². The van der Waals surface area contributed by atoms with Crippen molar-refractivity contribution in [1.29, 1.82) is 0 Å². The van der Waals surface area contributed by atoms with E-state index in [-0.39, 0.29) is 18.7 Å². The normalized spacial score (nSPS) is 12.3. The minimum atomic E-state index is 0. The largest absolute Gasteiger partial charge is 0.412 e. The SMILES string of the molecule is C[N+](C)(CCO)CCOCC[N+](C)(C)CCO.O. The molecule has 0 amide bonds. The molecule has 0 heterocycles. The highest BCUT2D eigenvalue weighted by Crippen LogP contribution is 1.98. The lowest BCUT2D eigenvalue weighted by atomic mass is 10.4. The zero-order valence-corrected chi connectivity index (χ0v) is 12.4. The molecular formula is C12H32N2O4+2. The summed E-state index contributed by atoms with van der Waals surface area (Å²) in [4.78, 5) is 0. The van der Waals surface area contributed by atoms with Crippen LogP contribution in [-0.4, -0.2) is 105 Å². The number of rotatable bonds is 10. The van der Waals surface area contributed by atoms with E-state index in [0.29, 0.717) is 13.2 Å². The van der Waals surface area contributed by atoms with Crippen molar-refractivity contribution in [2.75, 3.05) is 80.8 Å². The molecule has 6 heteroatoms. The van der Waals surface area contributed by atoms with Crippen LogP contribution in [0.25, 0.3) is 0 Å². The van der Waals surface area contributed by atoms with Crippen LogP contribution in [0.4, 0.5) is 0 Å². The molecule has 0 unspecified atom stereocenters. The molecule has 0 aromatic carbocycles. The summed E-state index contributed by atoms with van der Waals surface area (Å²) in [5.41, 5.74) is 0. The molecule has 0 aliphatic rings. The van der Waals surface area contributed by atoms with E-state index in [1.807, 2.05) is 0 Å². The molecular weight excluding hydrogens is 236 g/mol. The molecule has 0 rings (SSSR count). The van der Waals surface area contributed by atoms with Crippen LogP contribution in [0.1, 0.15) is 0 Å². The fraction of sp³-hybridized carbons (Fsp3) is 1.00. The van der Waals surface area contributed by atoms with E-state index in [1.165, 1.54) is 0 Å². The molecule has 112 valence electrons. The van der Waals surface area contributed by atoms with Gasteiger partial charge in [-0.15, -0.1) is 0 Å². The van der Waals surface area contributed by atoms with E-state index in [2.05, 4.69) is 28.2 Å². The van der Waals surface area contributed by atoms with E-state index < -0.39 is 0 Å². The maximum absolute atomic E-state index is 8.89. The van der Waals surface area contributed by atoms with Crippen LogP contribution in [0.2, 0.25) is 0 Å². The maximum atomic E-state index is 8.89. The van der Waals surface area contributed by atoms with Crippen molar-refractivity contribution in [3.05, 3.63) is 0 Å². The van der Waals surface area contributed by atoms with E-state index in [1.54, 1.807) is 0 Å². The van der Waals surface area contributed by atoms with Crippen LogP contribution < -0.4 is 0 Å². The third-order valence-electron chi connectivity index (χ3n) is 3.09. The Balaban J connectivity index is 0. The number of hydrogen-bond acceptors (Lipinski definition) is 3. The zero-order valence-electron chi connectivity index (χ0n) is 12.4. The first-order valence-corrected chi connectivity index (χ1v) is 6.26. The average molecular weight is 268 g/mol. The van der Waals surface area contributed by atoms with Crippen LogP contribution in [-0.2, 0) is 4.74 Å². The molecule has 0 atom stereocenters. The summed E-state index contributed by atoms with van der Waals surface area (Å²) in [6, 6.07) is 0. The first kappa shape index (κ1) is 20.1. The summed E-state index contributed by atoms with van der Waals surface area (Å²) < 4.78 is 7.17. The van der Waals surface area contributed by atoms with Gasteiger partial charge in [0.2, 0.25) is 0 Å². The summed E-state index contributed by atoms with van der Waals surface area (Å²) >= 11 is 0. The van der Waals surface area contributed by atoms with Gasteiger partial charge in [-0.2, -0.15) is 0 Å². The van der Waals surface area contributed by atoms with Crippen LogP contribution in [0.5, 0.6) is 0 Å². The van der Waals surface area contributed by atoms with E-state index >= 15 is 0 Å². The molecule has 0 aliphatic carbocycles. The van der Waals surface area contributed by atoms with Crippen LogP contribution >= 0.6 is 0 Å². The highest BCUT2D eigenvalue weighted by atomic mass is 16.5. The lowest BCUT2D eigenvalue weighted by molar-refractivity contribution is -0.894. The summed E-state index contributed by atoms with van der Waals surface area (Å²) in [6.45, 7) is 5.20. The second kappa shape index (κ2) is 9.66. The van der Waals surface area contributed by atoms with Crippen molar-refractivity contribution < 1.29 is 29.4 Å². The van der Waals surface area contributed by atoms with Gasteiger partial charge in [0.15, 0.2) is 0 Å². The van der Waals surface area contributed by atoms with E-state index in [9.17, 15) is 0 Å². The Labute approximate surface area is 111 Å². The minimum Gasteiger partial charge on any atom is -0.412 e. The summed E-state index contributed by atoms with van der Waals surface area (Å²) in [5, 5.41) is 17.8. The molecule has 4 N–H and O–H groups in total. The molecule has 0 saturated carbocycles. The first-order valence-electron chi connectivity index (χ1n) is 6.26. The van der Waals surface area contributed by atoms with Gasteiger partial charge in [0.05, 0.1) is 54.6 Å². The number of aliphatic hydroxyl groups excluding tert-OH is 2. The molecule has 18 heavy (non-hydrogen) atoms. The smallest absolute Gasteiger partial charge is 0.102 e. The van der Waals surface area contributed by atoms with Gasteiger partial charge < -0.3 is 29.4 Å².